The molecule has 6 nitrogen and oxygen atoms in total. The number of nitrogens with one attached hydrogen (secondary N) is 3. The number of hydrogen-bond acceptors (Lipinski definition) is 3. The molecular formula is C11H15N3O3. The monoisotopic (exact) mass is 237 g/mol. The van der Waals surface area contributed by atoms with Crippen molar-refractivity contribution in [3.8, 4) is 5.75 Å². The number of anilines is 1. The van der Waals surface area contributed by atoms with Crippen LogP contribution in [0.4, 0.5) is 10.5 Å². The highest BCUT2D eigenvalue weighted by Crippen LogP contribution is 2.26. The summed E-state index contributed by atoms with van der Waals surface area (Å²) in [5, 5.41) is 7.47. The largest absolute Gasteiger partial charge is 0.496 e. The van der Waals surface area contributed by atoms with Crippen molar-refractivity contribution in [3.05, 3.63) is 23.8 Å². The smallest absolute Gasteiger partial charge is 0.318 e. The van der Waals surface area contributed by atoms with Crippen molar-refractivity contribution in [2.45, 2.75) is 0 Å². The molecule has 92 valence electrons. The number of hydrogen-bond donors (Lipinski definition) is 3. The predicted molar refractivity (Wildman–Crippen MR) is 64.5 cm³/mol. The Morgan fingerprint density at radius 3 is 2.41 bits per heavy atom. The molecule has 0 saturated carbocycles. The molecule has 0 aliphatic carbocycles. The van der Waals surface area contributed by atoms with Crippen molar-refractivity contribution in [1.29, 1.82) is 0 Å². The molecule has 0 atom stereocenters. The van der Waals surface area contributed by atoms with Crippen LogP contribution in [-0.4, -0.2) is 33.1 Å². The number of ether oxygens (including phenoxy) is 1. The molecule has 17 heavy (non-hydrogen) atoms. The van der Waals surface area contributed by atoms with E-state index in [0.717, 1.165) is 0 Å². The predicted octanol–water partition coefficient (Wildman–Crippen LogP) is 0.806. The SMILES string of the molecule is CNC(=O)Nc1cccc(OC)c1C(=O)NC. The van der Waals surface area contributed by atoms with Gasteiger partial charge in [0.15, 0.2) is 0 Å². The van der Waals surface area contributed by atoms with E-state index in [2.05, 4.69) is 16.0 Å². The molecule has 6 heteroatoms. The van der Waals surface area contributed by atoms with Crippen LogP contribution in [0.5, 0.6) is 5.75 Å². The lowest BCUT2D eigenvalue weighted by Gasteiger charge is -2.13. The lowest BCUT2D eigenvalue weighted by molar-refractivity contribution is 0.0961. The average Bonchev–Trinajstić information content (AvgIpc) is 2.37. The number of urea groups is 1. The number of rotatable bonds is 3. The van der Waals surface area contributed by atoms with Gasteiger partial charge in [-0.3, -0.25) is 4.79 Å². The van der Waals surface area contributed by atoms with Crippen LogP contribution in [0.25, 0.3) is 0 Å². The molecule has 1 aromatic rings. The molecule has 0 fully saturated rings. The van der Waals surface area contributed by atoms with Crippen LogP contribution >= 0.6 is 0 Å². The number of carbonyl (C=O) groups is 2. The first-order valence-electron chi connectivity index (χ1n) is 5.01. The van der Waals surface area contributed by atoms with Gasteiger partial charge in [-0.25, -0.2) is 4.79 Å². The summed E-state index contributed by atoms with van der Waals surface area (Å²) in [6, 6.07) is 4.57. The highest BCUT2D eigenvalue weighted by Gasteiger charge is 2.17. The first-order chi connectivity index (χ1) is 8.13. The first kappa shape index (κ1) is 12.8. The molecular weight excluding hydrogens is 222 g/mol. The Kier molecular flexibility index (Phi) is 4.33. The quantitative estimate of drug-likeness (QED) is 0.727. The van der Waals surface area contributed by atoms with Crippen molar-refractivity contribution >= 4 is 17.6 Å². The van der Waals surface area contributed by atoms with Gasteiger partial charge in [0, 0.05) is 14.1 Å². The van der Waals surface area contributed by atoms with Crippen molar-refractivity contribution in [2.75, 3.05) is 26.5 Å². The van der Waals surface area contributed by atoms with E-state index in [-0.39, 0.29) is 5.91 Å². The minimum atomic E-state index is -0.400. The zero-order valence-electron chi connectivity index (χ0n) is 9.96. The fourth-order valence-corrected chi connectivity index (χ4v) is 1.35. The maximum atomic E-state index is 11.7. The van der Waals surface area contributed by atoms with Gasteiger partial charge in [0.2, 0.25) is 0 Å². The summed E-state index contributed by atoms with van der Waals surface area (Å²) < 4.78 is 5.09. The number of carbonyl (C=O) groups excluding carboxylic acids is 2. The van der Waals surface area contributed by atoms with Gasteiger partial charge in [-0.15, -0.1) is 0 Å². The summed E-state index contributed by atoms with van der Waals surface area (Å²) in [6.45, 7) is 0. The molecule has 0 aromatic heterocycles. The van der Waals surface area contributed by atoms with Crippen molar-refractivity contribution in [1.82, 2.24) is 10.6 Å². The topological polar surface area (TPSA) is 79.5 Å². The summed E-state index contributed by atoms with van der Waals surface area (Å²) in [7, 11) is 4.47. The molecule has 0 spiro atoms. The van der Waals surface area contributed by atoms with Crippen LogP contribution in [-0.2, 0) is 0 Å². The molecule has 0 aliphatic rings. The number of amides is 3. The third-order valence-corrected chi connectivity index (χ3v) is 2.18. The van der Waals surface area contributed by atoms with E-state index >= 15 is 0 Å². The molecule has 1 rings (SSSR count). The Labute approximate surface area is 99.3 Å². The third kappa shape index (κ3) is 2.87. The Hall–Kier alpha value is -2.24. The van der Waals surface area contributed by atoms with E-state index in [9.17, 15) is 9.59 Å². The number of methoxy groups -OCH3 is 1. The zero-order chi connectivity index (χ0) is 12.8. The number of benzene rings is 1. The van der Waals surface area contributed by atoms with Crippen molar-refractivity contribution < 1.29 is 14.3 Å². The lowest BCUT2D eigenvalue weighted by atomic mass is 10.1. The van der Waals surface area contributed by atoms with E-state index < -0.39 is 6.03 Å². The van der Waals surface area contributed by atoms with E-state index in [1.165, 1.54) is 21.2 Å². The van der Waals surface area contributed by atoms with E-state index in [0.29, 0.717) is 17.0 Å². The normalized spacial score (nSPS) is 9.35. The fourth-order valence-electron chi connectivity index (χ4n) is 1.35. The molecule has 0 bridgehead atoms. The second kappa shape index (κ2) is 5.74. The van der Waals surface area contributed by atoms with Gasteiger partial charge >= 0.3 is 6.03 Å². The minimum Gasteiger partial charge on any atom is -0.496 e. The molecule has 0 heterocycles. The maximum absolute atomic E-state index is 11.7. The third-order valence-electron chi connectivity index (χ3n) is 2.18. The second-order valence-electron chi connectivity index (χ2n) is 3.17. The van der Waals surface area contributed by atoms with E-state index in [1.54, 1.807) is 18.2 Å². The molecule has 0 aliphatic heterocycles. The van der Waals surface area contributed by atoms with Gasteiger partial charge in [-0.2, -0.15) is 0 Å². The van der Waals surface area contributed by atoms with E-state index in [4.69, 9.17) is 4.74 Å². The van der Waals surface area contributed by atoms with Gasteiger partial charge in [0.1, 0.15) is 11.3 Å². The molecule has 1 aromatic carbocycles. The van der Waals surface area contributed by atoms with Crippen molar-refractivity contribution in [3.63, 3.8) is 0 Å². The molecule has 0 radical (unpaired) electrons. The van der Waals surface area contributed by atoms with Crippen LogP contribution in [0, 0.1) is 0 Å². The van der Waals surface area contributed by atoms with Crippen LogP contribution in [0.15, 0.2) is 18.2 Å². The Morgan fingerprint density at radius 1 is 1.18 bits per heavy atom. The molecule has 3 N–H and O–H groups in total. The molecule has 3 amide bonds. The van der Waals surface area contributed by atoms with Gasteiger partial charge in [0.05, 0.1) is 12.8 Å². The van der Waals surface area contributed by atoms with Crippen LogP contribution in [0.3, 0.4) is 0 Å². The Balaban J connectivity index is 3.19. The highest BCUT2D eigenvalue weighted by atomic mass is 16.5. The maximum Gasteiger partial charge on any atom is 0.318 e. The first-order valence-corrected chi connectivity index (χ1v) is 5.01. The summed E-state index contributed by atoms with van der Waals surface area (Å²) in [5.74, 6) is 0.0760. The standard InChI is InChI=1S/C11H15N3O3/c1-12-10(15)9-7(14-11(16)13-2)5-4-6-8(9)17-3/h4-6H,1-3H3,(H,12,15)(H2,13,14,16). The summed E-state index contributed by atoms with van der Waals surface area (Å²) in [5.41, 5.74) is 0.684. The zero-order valence-corrected chi connectivity index (χ0v) is 9.96. The second-order valence-corrected chi connectivity index (χ2v) is 3.17. The van der Waals surface area contributed by atoms with Crippen molar-refractivity contribution in [2.24, 2.45) is 0 Å². The van der Waals surface area contributed by atoms with Gasteiger partial charge in [0.25, 0.3) is 5.91 Å². The van der Waals surface area contributed by atoms with Crippen LogP contribution in [0.2, 0.25) is 0 Å². The Bertz CT molecular complexity index is 432. The highest BCUT2D eigenvalue weighted by molar-refractivity contribution is 6.05. The van der Waals surface area contributed by atoms with Gasteiger partial charge in [-0.1, -0.05) is 6.07 Å². The fraction of sp³-hybridized carbons (Fsp3) is 0.273. The van der Waals surface area contributed by atoms with Gasteiger partial charge in [-0.05, 0) is 12.1 Å². The minimum absolute atomic E-state index is 0.293. The average molecular weight is 237 g/mol. The van der Waals surface area contributed by atoms with Crippen LogP contribution in [0.1, 0.15) is 10.4 Å². The van der Waals surface area contributed by atoms with E-state index in [1.807, 2.05) is 0 Å². The Morgan fingerprint density at radius 2 is 1.88 bits per heavy atom. The summed E-state index contributed by atoms with van der Waals surface area (Å²) >= 11 is 0. The summed E-state index contributed by atoms with van der Waals surface area (Å²) in [4.78, 5) is 23.0. The summed E-state index contributed by atoms with van der Waals surface area (Å²) in [6.07, 6.45) is 0. The molecule has 0 saturated heterocycles. The van der Waals surface area contributed by atoms with Gasteiger partial charge < -0.3 is 20.7 Å². The lowest BCUT2D eigenvalue weighted by Crippen LogP contribution is -2.27. The molecule has 0 unspecified atom stereocenters. The van der Waals surface area contributed by atoms with Crippen LogP contribution < -0.4 is 20.7 Å².